The molecule has 1 fully saturated rings. The number of aliphatic hydroxyl groups is 1. The second kappa shape index (κ2) is 2.51. The molecule has 1 heterocycles. The van der Waals surface area contributed by atoms with Crippen LogP contribution in [0, 0.1) is 0 Å². The van der Waals surface area contributed by atoms with Gasteiger partial charge in [-0.2, -0.15) is 0 Å². The third-order valence-corrected chi connectivity index (χ3v) is 2.34. The molecule has 0 aliphatic carbocycles. The van der Waals surface area contributed by atoms with Gasteiger partial charge in [0.05, 0.1) is 5.60 Å². The average molecular weight is 143 g/mol. The van der Waals surface area contributed by atoms with Crippen LogP contribution in [-0.2, 0) is 0 Å². The number of nitrogens with zero attached hydrogens (tertiary/aromatic N) is 1. The van der Waals surface area contributed by atoms with Crippen molar-refractivity contribution in [3.8, 4) is 0 Å². The van der Waals surface area contributed by atoms with E-state index in [4.69, 9.17) is 0 Å². The predicted octanol–water partition coefficient (Wildman–Crippen LogP) is 0.851. The molecule has 1 aliphatic heterocycles. The molecule has 0 saturated carbocycles. The maximum atomic E-state index is 9.65. The summed E-state index contributed by atoms with van der Waals surface area (Å²) >= 11 is 0. The van der Waals surface area contributed by atoms with E-state index in [2.05, 4.69) is 11.9 Å². The molecule has 0 aromatic carbocycles. The molecule has 1 rings (SSSR count). The quantitative estimate of drug-likeness (QED) is 0.588. The summed E-state index contributed by atoms with van der Waals surface area (Å²) in [4.78, 5) is 2.24. The van der Waals surface area contributed by atoms with Crippen molar-refractivity contribution >= 4 is 0 Å². The Balaban J connectivity index is 2.55. The molecule has 1 aliphatic rings. The summed E-state index contributed by atoms with van der Waals surface area (Å²) in [5.41, 5.74) is -0.523. The van der Waals surface area contributed by atoms with Gasteiger partial charge in [0.15, 0.2) is 0 Å². The fourth-order valence-corrected chi connectivity index (χ4v) is 1.80. The Labute approximate surface area is 62.8 Å². The summed E-state index contributed by atoms with van der Waals surface area (Å²) in [6.07, 6.45) is 2.37. The lowest BCUT2D eigenvalue weighted by atomic mass is 9.97. The van der Waals surface area contributed by atoms with E-state index in [0.717, 1.165) is 13.0 Å². The molecule has 2 nitrogen and oxygen atoms in total. The first-order valence-electron chi connectivity index (χ1n) is 3.94. The van der Waals surface area contributed by atoms with Crippen molar-refractivity contribution in [2.75, 3.05) is 13.6 Å². The summed E-state index contributed by atoms with van der Waals surface area (Å²) < 4.78 is 0. The molecule has 1 N–H and O–H groups in total. The van der Waals surface area contributed by atoms with Gasteiger partial charge < -0.3 is 10.0 Å². The molecule has 1 saturated heterocycles. The van der Waals surface area contributed by atoms with Gasteiger partial charge in [-0.25, -0.2) is 0 Å². The molecule has 0 aromatic rings. The van der Waals surface area contributed by atoms with Gasteiger partial charge >= 0.3 is 0 Å². The summed E-state index contributed by atoms with van der Waals surface area (Å²) in [5.74, 6) is 0. The van der Waals surface area contributed by atoms with Crippen LogP contribution in [0.5, 0.6) is 0 Å². The predicted molar refractivity (Wildman–Crippen MR) is 41.9 cm³/mol. The lowest BCUT2D eigenvalue weighted by molar-refractivity contribution is 0.00607. The van der Waals surface area contributed by atoms with E-state index >= 15 is 0 Å². The number of hydrogen-bond acceptors (Lipinski definition) is 2. The zero-order valence-electron chi connectivity index (χ0n) is 7.09. The van der Waals surface area contributed by atoms with E-state index in [0.29, 0.717) is 6.04 Å². The molecule has 10 heavy (non-hydrogen) atoms. The standard InChI is InChI=1S/C8H17NO/c1-8(2,10)7-5-4-6-9(7)3/h7,10H,4-6H2,1-3H3. The Morgan fingerprint density at radius 2 is 2.10 bits per heavy atom. The van der Waals surface area contributed by atoms with Crippen LogP contribution in [0.15, 0.2) is 0 Å². The van der Waals surface area contributed by atoms with Crippen molar-refractivity contribution in [3.05, 3.63) is 0 Å². The molecule has 0 bridgehead atoms. The van der Waals surface area contributed by atoms with Gasteiger partial charge in [0.25, 0.3) is 0 Å². The van der Waals surface area contributed by atoms with E-state index in [9.17, 15) is 5.11 Å². The van der Waals surface area contributed by atoms with Crippen molar-refractivity contribution in [2.45, 2.75) is 38.3 Å². The number of likely N-dealkylation sites (tertiary alicyclic amines) is 1. The molecule has 0 radical (unpaired) electrons. The highest BCUT2D eigenvalue weighted by Crippen LogP contribution is 2.24. The molecule has 0 aromatic heterocycles. The van der Waals surface area contributed by atoms with Crippen molar-refractivity contribution in [1.82, 2.24) is 4.90 Å². The van der Waals surface area contributed by atoms with Gasteiger partial charge in [-0.15, -0.1) is 0 Å². The van der Waals surface area contributed by atoms with E-state index in [1.165, 1.54) is 6.42 Å². The first kappa shape index (κ1) is 8.02. The zero-order chi connectivity index (χ0) is 7.78. The number of hydrogen-bond donors (Lipinski definition) is 1. The average Bonchev–Trinajstić information content (AvgIpc) is 2.11. The summed E-state index contributed by atoms with van der Waals surface area (Å²) in [7, 11) is 2.08. The fourth-order valence-electron chi connectivity index (χ4n) is 1.80. The third kappa shape index (κ3) is 1.50. The van der Waals surface area contributed by atoms with Crippen LogP contribution in [0.4, 0.5) is 0 Å². The maximum Gasteiger partial charge on any atom is 0.0746 e. The van der Waals surface area contributed by atoms with Gasteiger partial charge in [0, 0.05) is 6.04 Å². The smallest absolute Gasteiger partial charge is 0.0746 e. The molecular formula is C8H17NO. The van der Waals surface area contributed by atoms with Crippen molar-refractivity contribution < 1.29 is 5.11 Å². The van der Waals surface area contributed by atoms with Crippen molar-refractivity contribution in [1.29, 1.82) is 0 Å². The van der Waals surface area contributed by atoms with Gasteiger partial charge in [-0.3, -0.25) is 0 Å². The molecule has 2 heteroatoms. The van der Waals surface area contributed by atoms with Crippen LogP contribution in [0.2, 0.25) is 0 Å². The summed E-state index contributed by atoms with van der Waals surface area (Å²) in [5, 5.41) is 9.65. The zero-order valence-corrected chi connectivity index (χ0v) is 7.09. The monoisotopic (exact) mass is 143 g/mol. The number of likely N-dealkylation sites (N-methyl/N-ethyl adjacent to an activating group) is 1. The van der Waals surface area contributed by atoms with E-state index < -0.39 is 5.60 Å². The highest BCUT2D eigenvalue weighted by molar-refractivity contribution is 4.88. The maximum absolute atomic E-state index is 9.65. The lowest BCUT2D eigenvalue weighted by Gasteiger charge is -2.31. The Bertz CT molecular complexity index is 117. The topological polar surface area (TPSA) is 23.5 Å². The van der Waals surface area contributed by atoms with E-state index in [-0.39, 0.29) is 0 Å². The minimum atomic E-state index is -0.523. The third-order valence-electron chi connectivity index (χ3n) is 2.34. The van der Waals surface area contributed by atoms with E-state index in [1.807, 2.05) is 13.8 Å². The molecule has 0 spiro atoms. The Morgan fingerprint density at radius 3 is 2.30 bits per heavy atom. The highest BCUT2D eigenvalue weighted by Gasteiger charge is 2.33. The largest absolute Gasteiger partial charge is 0.389 e. The number of rotatable bonds is 1. The normalized spacial score (nSPS) is 29.4. The Kier molecular flexibility index (Phi) is 2.02. The van der Waals surface area contributed by atoms with Crippen LogP contribution >= 0.6 is 0 Å². The van der Waals surface area contributed by atoms with Gasteiger partial charge in [0.2, 0.25) is 0 Å². The molecule has 1 unspecified atom stereocenters. The molecular weight excluding hydrogens is 126 g/mol. The molecule has 1 atom stereocenters. The van der Waals surface area contributed by atoms with Crippen LogP contribution in [0.1, 0.15) is 26.7 Å². The first-order chi connectivity index (χ1) is 4.52. The van der Waals surface area contributed by atoms with Gasteiger partial charge in [0.1, 0.15) is 0 Å². The SMILES string of the molecule is CN1CCCC1C(C)(C)O. The highest BCUT2D eigenvalue weighted by atomic mass is 16.3. The first-order valence-corrected chi connectivity index (χ1v) is 3.94. The van der Waals surface area contributed by atoms with Gasteiger partial charge in [-0.1, -0.05) is 0 Å². The second-order valence-electron chi connectivity index (χ2n) is 3.79. The fraction of sp³-hybridized carbons (Fsp3) is 1.00. The van der Waals surface area contributed by atoms with E-state index in [1.54, 1.807) is 0 Å². The second-order valence-corrected chi connectivity index (χ2v) is 3.79. The summed E-state index contributed by atoms with van der Waals surface area (Å²) in [6, 6.07) is 0.368. The minimum Gasteiger partial charge on any atom is -0.389 e. The van der Waals surface area contributed by atoms with Crippen molar-refractivity contribution in [2.24, 2.45) is 0 Å². The Hall–Kier alpha value is -0.0800. The van der Waals surface area contributed by atoms with Crippen LogP contribution in [-0.4, -0.2) is 35.2 Å². The van der Waals surface area contributed by atoms with Crippen LogP contribution in [0.3, 0.4) is 0 Å². The van der Waals surface area contributed by atoms with Crippen LogP contribution < -0.4 is 0 Å². The molecule has 60 valence electrons. The van der Waals surface area contributed by atoms with Crippen molar-refractivity contribution in [3.63, 3.8) is 0 Å². The summed E-state index contributed by atoms with van der Waals surface area (Å²) in [6.45, 7) is 4.91. The lowest BCUT2D eigenvalue weighted by Crippen LogP contribution is -2.43. The minimum absolute atomic E-state index is 0.368. The molecule has 0 amide bonds. The van der Waals surface area contributed by atoms with Gasteiger partial charge in [-0.05, 0) is 40.3 Å². The van der Waals surface area contributed by atoms with Crippen LogP contribution in [0.25, 0.3) is 0 Å². The Morgan fingerprint density at radius 1 is 1.50 bits per heavy atom.